The van der Waals surface area contributed by atoms with E-state index in [2.05, 4.69) is 25.4 Å². The van der Waals surface area contributed by atoms with Crippen molar-refractivity contribution in [3.63, 3.8) is 0 Å². The van der Waals surface area contributed by atoms with Crippen molar-refractivity contribution in [3.05, 3.63) is 34.3 Å². The zero-order valence-corrected chi connectivity index (χ0v) is 11.0. The molecular formula is C10H13BrN2O2S. The highest BCUT2D eigenvalue weighted by molar-refractivity contribution is 9.10. The van der Waals surface area contributed by atoms with Gasteiger partial charge in [-0.2, -0.15) is 17.9 Å². The van der Waals surface area contributed by atoms with Crippen LogP contribution in [0.15, 0.2) is 28.7 Å². The molecule has 0 atom stereocenters. The number of nitrogens with one attached hydrogen (secondary N) is 2. The van der Waals surface area contributed by atoms with Gasteiger partial charge < -0.3 is 0 Å². The van der Waals surface area contributed by atoms with Crippen molar-refractivity contribution in [2.75, 3.05) is 0 Å². The molecule has 1 aromatic rings. The molecule has 0 heterocycles. The summed E-state index contributed by atoms with van der Waals surface area (Å²) in [5.74, 6) is 0. The lowest BCUT2D eigenvalue weighted by Gasteiger charge is -2.07. The highest BCUT2D eigenvalue weighted by Gasteiger charge is 2.26. The molecule has 2 N–H and O–H groups in total. The summed E-state index contributed by atoms with van der Waals surface area (Å²) >= 11 is 3.33. The number of benzene rings is 1. The van der Waals surface area contributed by atoms with Crippen molar-refractivity contribution in [1.82, 2.24) is 9.44 Å². The molecule has 2 rings (SSSR count). The maximum absolute atomic E-state index is 11.5. The van der Waals surface area contributed by atoms with Crippen molar-refractivity contribution in [2.24, 2.45) is 0 Å². The zero-order chi connectivity index (χ0) is 11.6. The third-order valence-corrected chi connectivity index (χ3v) is 3.98. The van der Waals surface area contributed by atoms with Crippen molar-refractivity contribution >= 4 is 26.1 Å². The van der Waals surface area contributed by atoms with Gasteiger partial charge in [-0.25, -0.2) is 0 Å². The van der Waals surface area contributed by atoms with Crippen LogP contribution in [-0.4, -0.2) is 14.5 Å². The van der Waals surface area contributed by atoms with Crippen LogP contribution in [-0.2, 0) is 16.8 Å². The minimum absolute atomic E-state index is 0.141. The Morgan fingerprint density at radius 1 is 1.25 bits per heavy atom. The largest absolute Gasteiger partial charge is 0.277 e. The molecule has 0 aromatic heterocycles. The minimum Gasteiger partial charge on any atom is -0.199 e. The van der Waals surface area contributed by atoms with E-state index >= 15 is 0 Å². The summed E-state index contributed by atoms with van der Waals surface area (Å²) in [6.45, 7) is 0.315. The lowest BCUT2D eigenvalue weighted by Crippen LogP contribution is -2.37. The maximum atomic E-state index is 11.5. The molecular weight excluding hydrogens is 292 g/mol. The minimum atomic E-state index is -3.34. The quantitative estimate of drug-likeness (QED) is 0.867. The summed E-state index contributed by atoms with van der Waals surface area (Å²) in [6, 6.07) is 7.67. The zero-order valence-electron chi connectivity index (χ0n) is 8.61. The summed E-state index contributed by atoms with van der Waals surface area (Å²) in [6.07, 6.45) is 1.89. The van der Waals surface area contributed by atoms with Crippen LogP contribution in [0.2, 0.25) is 0 Å². The van der Waals surface area contributed by atoms with E-state index in [0.29, 0.717) is 6.54 Å². The maximum Gasteiger partial charge on any atom is 0.277 e. The first-order chi connectivity index (χ1) is 7.55. The second-order valence-corrected chi connectivity index (χ2v) is 6.29. The Labute approximate surface area is 104 Å². The molecule has 1 aliphatic carbocycles. The van der Waals surface area contributed by atoms with Gasteiger partial charge in [-0.05, 0) is 30.5 Å². The molecule has 0 bridgehead atoms. The molecule has 1 aromatic carbocycles. The van der Waals surface area contributed by atoms with Gasteiger partial charge >= 0.3 is 0 Å². The van der Waals surface area contributed by atoms with Crippen molar-refractivity contribution < 1.29 is 8.42 Å². The third-order valence-electron chi connectivity index (χ3n) is 2.28. The van der Waals surface area contributed by atoms with Gasteiger partial charge in [0.15, 0.2) is 0 Å². The van der Waals surface area contributed by atoms with E-state index in [1.54, 1.807) is 0 Å². The molecule has 6 heteroatoms. The van der Waals surface area contributed by atoms with Crippen LogP contribution in [0.25, 0.3) is 0 Å². The Kier molecular flexibility index (Phi) is 3.63. The normalized spacial score (nSPS) is 16.3. The molecule has 0 spiro atoms. The monoisotopic (exact) mass is 304 g/mol. The van der Waals surface area contributed by atoms with Gasteiger partial charge in [0.05, 0.1) is 0 Å². The molecule has 0 radical (unpaired) electrons. The van der Waals surface area contributed by atoms with Crippen LogP contribution in [0.4, 0.5) is 0 Å². The fraction of sp³-hybridized carbons (Fsp3) is 0.400. The number of hydrogen-bond acceptors (Lipinski definition) is 2. The van der Waals surface area contributed by atoms with Gasteiger partial charge in [-0.15, -0.1) is 0 Å². The van der Waals surface area contributed by atoms with Crippen LogP contribution in [0.5, 0.6) is 0 Å². The molecule has 88 valence electrons. The second-order valence-electron chi connectivity index (χ2n) is 3.84. The lowest BCUT2D eigenvalue weighted by atomic mass is 10.2. The van der Waals surface area contributed by atoms with Gasteiger partial charge in [0, 0.05) is 17.1 Å². The first kappa shape index (κ1) is 12.0. The molecule has 16 heavy (non-hydrogen) atoms. The highest BCUT2D eigenvalue weighted by Crippen LogP contribution is 2.19. The number of halogens is 1. The van der Waals surface area contributed by atoms with Gasteiger partial charge in [-0.1, -0.05) is 28.1 Å². The summed E-state index contributed by atoms with van der Waals surface area (Å²) < 4.78 is 29.0. The van der Waals surface area contributed by atoms with Gasteiger partial charge in [0.1, 0.15) is 0 Å². The van der Waals surface area contributed by atoms with Gasteiger partial charge in [0.25, 0.3) is 10.2 Å². The SMILES string of the molecule is O=S(=O)(NCc1ccc(Br)cc1)NC1CC1. The van der Waals surface area contributed by atoms with Crippen LogP contribution < -0.4 is 9.44 Å². The standard InChI is InChI=1S/C10H13BrN2O2S/c11-9-3-1-8(2-4-9)7-12-16(14,15)13-10-5-6-10/h1-4,10,12-13H,5-7H2. The molecule has 0 saturated heterocycles. The van der Waals surface area contributed by atoms with Crippen molar-refractivity contribution in [3.8, 4) is 0 Å². The van der Waals surface area contributed by atoms with Crippen LogP contribution in [0.1, 0.15) is 18.4 Å². The average Bonchev–Trinajstić information content (AvgIpc) is 3.00. The van der Waals surface area contributed by atoms with E-state index < -0.39 is 10.2 Å². The second kappa shape index (κ2) is 4.83. The van der Waals surface area contributed by atoms with E-state index in [1.165, 1.54) is 0 Å². The summed E-state index contributed by atoms with van der Waals surface area (Å²) in [4.78, 5) is 0. The summed E-state index contributed by atoms with van der Waals surface area (Å²) in [5, 5.41) is 0. The number of rotatable bonds is 5. The fourth-order valence-electron chi connectivity index (χ4n) is 1.24. The van der Waals surface area contributed by atoms with Crippen LogP contribution >= 0.6 is 15.9 Å². The Morgan fingerprint density at radius 3 is 2.44 bits per heavy atom. The van der Waals surface area contributed by atoms with Crippen LogP contribution in [0, 0.1) is 0 Å². The molecule has 0 amide bonds. The van der Waals surface area contributed by atoms with Gasteiger partial charge in [-0.3, -0.25) is 0 Å². The molecule has 1 fully saturated rings. The molecule has 1 saturated carbocycles. The average molecular weight is 305 g/mol. The summed E-state index contributed by atoms with van der Waals surface area (Å²) in [5.41, 5.74) is 0.935. The Bertz CT molecular complexity index is 454. The molecule has 4 nitrogen and oxygen atoms in total. The molecule has 0 unspecified atom stereocenters. The third kappa shape index (κ3) is 3.86. The van der Waals surface area contributed by atoms with E-state index in [9.17, 15) is 8.42 Å². The predicted molar refractivity (Wildman–Crippen MR) is 66.1 cm³/mol. The van der Waals surface area contributed by atoms with Gasteiger partial charge in [0.2, 0.25) is 0 Å². The van der Waals surface area contributed by atoms with E-state index in [1.807, 2.05) is 24.3 Å². The van der Waals surface area contributed by atoms with Crippen LogP contribution in [0.3, 0.4) is 0 Å². The molecule has 1 aliphatic rings. The predicted octanol–water partition coefficient (Wildman–Crippen LogP) is 1.54. The Morgan fingerprint density at radius 2 is 1.88 bits per heavy atom. The fourth-order valence-corrected chi connectivity index (χ4v) is 2.62. The number of hydrogen-bond donors (Lipinski definition) is 2. The first-order valence-corrected chi connectivity index (χ1v) is 7.34. The summed E-state index contributed by atoms with van der Waals surface area (Å²) in [7, 11) is -3.34. The topological polar surface area (TPSA) is 58.2 Å². The Hall–Kier alpha value is -0.430. The molecule has 0 aliphatic heterocycles. The lowest BCUT2D eigenvalue weighted by molar-refractivity contribution is 0.565. The van der Waals surface area contributed by atoms with Crippen molar-refractivity contribution in [2.45, 2.75) is 25.4 Å². The Balaban J connectivity index is 1.88. The van der Waals surface area contributed by atoms with E-state index in [-0.39, 0.29) is 6.04 Å². The first-order valence-electron chi connectivity index (χ1n) is 5.06. The van der Waals surface area contributed by atoms with E-state index in [0.717, 1.165) is 22.9 Å². The van der Waals surface area contributed by atoms with Crippen molar-refractivity contribution in [1.29, 1.82) is 0 Å². The van der Waals surface area contributed by atoms with E-state index in [4.69, 9.17) is 0 Å². The highest BCUT2D eigenvalue weighted by atomic mass is 79.9. The smallest absolute Gasteiger partial charge is 0.199 e.